The van der Waals surface area contributed by atoms with E-state index in [0.29, 0.717) is 61.5 Å². The van der Waals surface area contributed by atoms with E-state index in [1.54, 1.807) is 18.2 Å². The lowest BCUT2D eigenvalue weighted by Gasteiger charge is -2.36. The van der Waals surface area contributed by atoms with Gasteiger partial charge in [-0.15, -0.1) is 0 Å². The van der Waals surface area contributed by atoms with Gasteiger partial charge in [0.1, 0.15) is 0 Å². The number of carbonyl (C=O) groups excluding carboxylic acids is 2. The molecule has 0 bridgehead atoms. The van der Waals surface area contributed by atoms with Crippen molar-refractivity contribution < 1.29 is 19.1 Å². The second-order valence-electron chi connectivity index (χ2n) is 8.03. The van der Waals surface area contributed by atoms with Gasteiger partial charge in [0.2, 0.25) is 12.7 Å². The molecule has 3 heterocycles. The van der Waals surface area contributed by atoms with Crippen LogP contribution in [0.1, 0.15) is 36.5 Å². The van der Waals surface area contributed by atoms with Gasteiger partial charge < -0.3 is 24.6 Å². The highest BCUT2D eigenvalue weighted by Crippen LogP contribution is 2.33. The molecule has 2 saturated heterocycles. The predicted molar refractivity (Wildman–Crippen MR) is 104 cm³/mol. The van der Waals surface area contributed by atoms with Gasteiger partial charge in [-0.25, -0.2) is 0 Å². The molecule has 2 amide bonds. The SMILES string of the molecule is CC(CC(=O)N1CCN(C(=O)c2ccc3c(c2)OCO3)CC1)C1CCCNC1. The van der Waals surface area contributed by atoms with Crippen molar-refractivity contribution in [2.24, 2.45) is 11.8 Å². The monoisotopic (exact) mass is 387 g/mol. The van der Waals surface area contributed by atoms with Crippen LogP contribution in [-0.2, 0) is 4.79 Å². The van der Waals surface area contributed by atoms with E-state index in [9.17, 15) is 9.59 Å². The summed E-state index contributed by atoms with van der Waals surface area (Å²) in [4.78, 5) is 29.2. The molecule has 152 valence electrons. The van der Waals surface area contributed by atoms with Crippen molar-refractivity contribution in [3.05, 3.63) is 23.8 Å². The third-order valence-electron chi connectivity index (χ3n) is 6.18. The highest BCUT2D eigenvalue weighted by atomic mass is 16.7. The van der Waals surface area contributed by atoms with Crippen molar-refractivity contribution in [2.45, 2.75) is 26.2 Å². The van der Waals surface area contributed by atoms with Gasteiger partial charge in [-0.1, -0.05) is 6.92 Å². The maximum Gasteiger partial charge on any atom is 0.254 e. The summed E-state index contributed by atoms with van der Waals surface area (Å²) in [7, 11) is 0. The Kier molecular flexibility index (Phi) is 5.71. The average molecular weight is 387 g/mol. The number of rotatable bonds is 4. The maximum atomic E-state index is 12.8. The molecule has 2 atom stereocenters. The number of hydrogen-bond acceptors (Lipinski definition) is 5. The summed E-state index contributed by atoms with van der Waals surface area (Å²) >= 11 is 0. The van der Waals surface area contributed by atoms with Crippen LogP contribution in [0.5, 0.6) is 11.5 Å². The molecule has 1 N–H and O–H groups in total. The highest BCUT2D eigenvalue weighted by molar-refractivity contribution is 5.95. The van der Waals surface area contributed by atoms with Crippen LogP contribution in [0.4, 0.5) is 0 Å². The molecule has 3 aliphatic heterocycles. The van der Waals surface area contributed by atoms with E-state index < -0.39 is 0 Å². The van der Waals surface area contributed by atoms with Gasteiger partial charge in [-0.05, 0) is 56.0 Å². The average Bonchev–Trinajstić information content (AvgIpc) is 3.22. The minimum absolute atomic E-state index is 0.0213. The Labute approximate surface area is 166 Å². The molecule has 1 aromatic rings. The van der Waals surface area contributed by atoms with Gasteiger partial charge >= 0.3 is 0 Å². The standard InChI is InChI=1S/C21H29N3O4/c1-15(17-3-2-6-22-13-17)11-20(25)23-7-9-24(10-8-23)21(26)16-4-5-18-19(12-16)28-14-27-18/h4-5,12,15,17,22H,2-3,6-11,13-14H2,1H3. The summed E-state index contributed by atoms with van der Waals surface area (Å²) in [6.45, 7) is 6.84. The Bertz CT molecular complexity index is 724. The highest BCUT2D eigenvalue weighted by Gasteiger charge is 2.28. The van der Waals surface area contributed by atoms with Crippen molar-refractivity contribution in [2.75, 3.05) is 46.1 Å². The first-order valence-electron chi connectivity index (χ1n) is 10.3. The molecular weight excluding hydrogens is 358 g/mol. The molecule has 0 spiro atoms. The molecule has 2 unspecified atom stereocenters. The van der Waals surface area contributed by atoms with E-state index in [4.69, 9.17) is 9.47 Å². The van der Waals surface area contributed by atoms with Crippen LogP contribution in [0.2, 0.25) is 0 Å². The van der Waals surface area contributed by atoms with Crippen LogP contribution in [0.15, 0.2) is 18.2 Å². The first kappa shape index (κ1) is 19.1. The quantitative estimate of drug-likeness (QED) is 0.852. The number of hydrogen-bond donors (Lipinski definition) is 1. The molecule has 0 saturated carbocycles. The van der Waals surface area contributed by atoms with E-state index in [2.05, 4.69) is 12.2 Å². The van der Waals surface area contributed by atoms with Crippen LogP contribution < -0.4 is 14.8 Å². The number of fused-ring (bicyclic) bond motifs is 1. The molecule has 28 heavy (non-hydrogen) atoms. The lowest BCUT2D eigenvalue weighted by Crippen LogP contribution is -2.51. The predicted octanol–water partition coefficient (Wildman–Crippen LogP) is 1.73. The first-order chi connectivity index (χ1) is 13.6. The van der Waals surface area contributed by atoms with E-state index in [-0.39, 0.29) is 18.6 Å². The lowest BCUT2D eigenvalue weighted by molar-refractivity contribution is -0.134. The van der Waals surface area contributed by atoms with E-state index in [1.165, 1.54) is 12.8 Å². The summed E-state index contributed by atoms with van der Waals surface area (Å²) < 4.78 is 10.7. The van der Waals surface area contributed by atoms with Gasteiger partial charge in [-0.2, -0.15) is 0 Å². The van der Waals surface area contributed by atoms with Gasteiger partial charge in [0.05, 0.1) is 0 Å². The summed E-state index contributed by atoms with van der Waals surface area (Å²) in [6.07, 6.45) is 3.01. The third kappa shape index (κ3) is 4.09. The molecule has 0 radical (unpaired) electrons. The zero-order valence-corrected chi connectivity index (χ0v) is 16.5. The minimum Gasteiger partial charge on any atom is -0.454 e. The van der Waals surface area contributed by atoms with Crippen molar-refractivity contribution in [1.82, 2.24) is 15.1 Å². The second-order valence-corrected chi connectivity index (χ2v) is 8.03. The summed E-state index contributed by atoms with van der Waals surface area (Å²) in [6, 6.07) is 5.28. The first-order valence-corrected chi connectivity index (χ1v) is 10.3. The van der Waals surface area contributed by atoms with Crippen LogP contribution in [0.3, 0.4) is 0 Å². The normalized spacial score (nSPS) is 22.8. The zero-order valence-electron chi connectivity index (χ0n) is 16.5. The van der Waals surface area contributed by atoms with Gasteiger partial charge in [-0.3, -0.25) is 9.59 Å². The fourth-order valence-corrected chi connectivity index (χ4v) is 4.31. The lowest BCUT2D eigenvalue weighted by atomic mass is 9.85. The Hall–Kier alpha value is -2.28. The molecule has 4 rings (SSSR count). The molecular formula is C21H29N3O4. The molecule has 7 heteroatoms. The van der Waals surface area contributed by atoms with Gasteiger partial charge in [0.25, 0.3) is 5.91 Å². The topological polar surface area (TPSA) is 71.1 Å². The molecule has 1 aromatic carbocycles. The molecule has 3 aliphatic rings. The van der Waals surface area contributed by atoms with E-state index >= 15 is 0 Å². The molecule has 2 fully saturated rings. The number of nitrogens with zero attached hydrogens (tertiary/aromatic N) is 2. The Balaban J connectivity index is 1.28. The number of benzene rings is 1. The number of piperidine rings is 1. The maximum absolute atomic E-state index is 12.8. The summed E-state index contributed by atoms with van der Waals surface area (Å²) in [5, 5.41) is 3.43. The number of amides is 2. The number of nitrogens with one attached hydrogen (secondary N) is 1. The Morgan fingerprint density at radius 3 is 2.64 bits per heavy atom. The van der Waals surface area contributed by atoms with Crippen molar-refractivity contribution >= 4 is 11.8 Å². The number of carbonyl (C=O) groups is 2. The smallest absolute Gasteiger partial charge is 0.254 e. The Morgan fingerprint density at radius 2 is 1.89 bits per heavy atom. The molecule has 7 nitrogen and oxygen atoms in total. The molecule has 0 aromatic heterocycles. The number of ether oxygens (including phenoxy) is 2. The second kappa shape index (κ2) is 8.39. The number of piperazine rings is 1. The van der Waals surface area contributed by atoms with Crippen molar-refractivity contribution in [3.63, 3.8) is 0 Å². The fraction of sp³-hybridized carbons (Fsp3) is 0.619. The summed E-state index contributed by atoms with van der Waals surface area (Å²) in [5.41, 5.74) is 0.599. The van der Waals surface area contributed by atoms with Crippen LogP contribution >= 0.6 is 0 Å². The van der Waals surface area contributed by atoms with Gasteiger partial charge in [0, 0.05) is 38.2 Å². The zero-order chi connectivity index (χ0) is 19.5. The Morgan fingerprint density at radius 1 is 1.14 bits per heavy atom. The largest absolute Gasteiger partial charge is 0.454 e. The van der Waals surface area contributed by atoms with Crippen molar-refractivity contribution in [1.29, 1.82) is 0 Å². The van der Waals surface area contributed by atoms with E-state index in [0.717, 1.165) is 13.1 Å². The van der Waals surface area contributed by atoms with E-state index in [1.807, 2.05) is 9.80 Å². The van der Waals surface area contributed by atoms with Gasteiger partial charge in [0.15, 0.2) is 11.5 Å². The van der Waals surface area contributed by atoms with Crippen LogP contribution in [0.25, 0.3) is 0 Å². The van der Waals surface area contributed by atoms with Crippen molar-refractivity contribution in [3.8, 4) is 11.5 Å². The minimum atomic E-state index is -0.0213. The fourth-order valence-electron chi connectivity index (χ4n) is 4.31. The molecule has 0 aliphatic carbocycles. The third-order valence-corrected chi connectivity index (χ3v) is 6.18. The summed E-state index contributed by atoms with van der Waals surface area (Å²) in [5.74, 6) is 2.47. The van der Waals surface area contributed by atoms with Crippen LogP contribution in [0, 0.1) is 11.8 Å². The van der Waals surface area contributed by atoms with Crippen LogP contribution in [-0.4, -0.2) is 67.7 Å².